The van der Waals surface area contributed by atoms with Crippen LogP contribution in [0.4, 0.5) is 8.78 Å². The molecule has 5 heteroatoms. The Labute approximate surface area is 98.9 Å². The molecule has 0 saturated carbocycles. The summed E-state index contributed by atoms with van der Waals surface area (Å²) in [6.45, 7) is 4.79. The van der Waals surface area contributed by atoms with Crippen LogP contribution in [0.2, 0.25) is 0 Å². The molecule has 0 fully saturated rings. The molecule has 0 spiro atoms. The van der Waals surface area contributed by atoms with Crippen LogP contribution < -0.4 is 5.73 Å². The molecule has 1 aliphatic heterocycles. The Morgan fingerprint density at radius 2 is 2.18 bits per heavy atom. The van der Waals surface area contributed by atoms with Crippen molar-refractivity contribution >= 4 is 5.96 Å². The lowest BCUT2D eigenvalue weighted by Crippen LogP contribution is -2.47. The maximum atomic E-state index is 13.8. The maximum Gasteiger partial charge on any atom is 0.192 e. The van der Waals surface area contributed by atoms with Crippen LogP contribution in [0.1, 0.15) is 19.4 Å². The molecule has 0 radical (unpaired) electrons. The first-order valence-corrected chi connectivity index (χ1v) is 5.52. The monoisotopic (exact) mass is 239 g/mol. The normalized spacial score (nSPS) is 24.0. The van der Waals surface area contributed by atoms with Crippen LogP contribution in [0.3, 0.4) is 0 Å². The van der Waals surface area contributed by atoms with Crippen LogP contribution in [0.15, 0.2) is 23.2 Å². The molecule has 1 aromatic carbocycles. The van der Waals surface area contributed by atoms with Crippen molar-refractivity contribution in [2.45, 2.75) is 19.4 Å². The summed E-state index contributed by atoms with van der Waals surface area (Å²) in [6, 6.07) is 3.61. The van der Waals surface area contributed by atoms with E-state index in [0.717, 1.165) is 6.07 Å². The summed E-state index contributed by atoms with van der Waals surface area (Å²) in [5, 5.41) is 0. The molecule has 3 nitrogen and oxygen atoms in total. The van der Waals surface area contributed by atoms with Gasteiger partial charge in [0.2, 0.25) is 0 Å². The molecular weight excluding hydrogens is 224 g/mol. The van der Waals surface area contributed by atoms with E-state index in [9.17, 15) is 8.78 Å². The number of rotatable bonds is 2. The Morgan fingerprint density at radius 1 is 1.47 bits per heavy atom. The number of nitrogens with zero attached hydrogens (tertiary/aromatic N) is 2. The van der Waals surface area contributed by atoms with Gasteiger partial charge >= 0.3 is 0 Å². The standard InChI is InChI=1S/C12H15F2N3/c1-3-17-11(15)16-7-12(17,2)9-5-4-8(13)6-10(9)14/h4-6H,3,7H2,1-2H3,(H2,15,16). The predicted molar refractivity (Wildman–Crippen MR) is 62.6 cm³/mol. The number of benzene rings is 1. The Bertz CT molecular complexity index is 473. The van der Waals surface area contributed by atoms with Crippen LogP contribution in [0.5, 0.6) is 0 Å². The van der Waals surface area contributed by atoms with Crippen molar-refractivity contribution in [3.63, 3.8) is 0 Å². The van der Waals surface area contributed by atoms with Crippen molar-refractivity contribution in [3.8, 4) is 0 Å². The molecule has 0 amide bonds. The number of likely N-dealkylation sites (N-methyl/N-ethyl adjacent to an activating group) is 1. The van der Waals surface area contributed by atoms with Gasteiger partial charge in [0, 0.05) is 18.2 Å². The fourth-order valence-corrected chi connectivity index (χ4v) is 2.33. The molecular formula is C12H15F2N3. The Morgan fingerprint density at radius 3 is 2.76 bits per heavy atom. The molecule has 1 heterocycles. The van der Waals surface area contributed by atoms with E-state index in [1.165, 1.54) is 12.1 Å². The van der Waals surface area contributed by atoms with E-state index in [2.05, 4.69) is 4.99 Å². The smallest absolute Gasteiger partial charge is 0.192 e. The highest BCUT2D eigenvalue weighted by atomic mass is 19.1. The first-order chi connectivity index (χ1) is 7.99. The number of guanidine groups is 1. The summed E-state index contributed by atoms with van der Waals surface area (Å²) in [5.41, 5.74) is 5.55. The summed E-state index contributed by atoms with van der Waals surface area (Å²) < 4.78 is 26.7. The van der Waals surface area contributed by atoms with E-state index in [4.69, 9.17) is 5.73 Å². The maximum absolute atomic E-state index is 13.8. The van der Waals surface area contributed by atoms with Gasteiger partial charge in [-0.1, -0.05) is 6.07 Å². The Hall–Kier alpha value is -1.65. The molecule has 0 bridgehead atoms. The third kappa shape index (κ3) is 1.75. The second kappa shape index (κ2) is 3.98. The third-order valence-corrected chi connectivity index (χ3v) is 3.25. The van der Waals surface area contributed by atoms with Gasteiger partial charge in [0.05, 0.1) is 12.1 Å². The van der Waals surface area contributed by atoms with Crippen molar-refractivity contribution < 1.29 is 8.78 Å². The first kappa shape index (κ1) is 11.8. The van der Waals surface area contributed by atoms with Crippen LogP contribution in [0.25, 0.3) is 0 Å². The first-order valence-electron chi connectivity index (χ1n) is 5.52. The average molecular weight is 239 g/mol. The zero-order valence-electron chi connectivity index (χ0n) is 9.87. The highest BCUT2D eigenvalue weighted by molar-refractivity contribution is 5.81. The van der Waals surface area contributed by atoms with E-state index in [1.807, 2.05) is 18.7 Å². The van der Waals surface area contributed by atoms with Crippen molar-refractivity contribution in [1.29, 1.82) is 0 Å². The van der Waals surface area contributed by atoms with Crippen molar-refractivity contribution in [1.82, 2.24) is 4.90 Å². The highest BCUT2D eigenvalue weighted by Crippen LogP contribution is 2.34. The third-order valence-electron chi connectivity index (χ3n) is 3.25. The lowest BCUT2D eigenvalue weighted by atomic mass is 9.90. The summed E-state index contributed by atoms with van der Waals surface area (Å²) in [6.07, 6.45) is 0. The van der Waals surface area contributed by atoms with Gasteiger partial charge in [-0.25, -0.2) is 8.78 Å². The van der Waals surface area contributed by atoms with Gasteiger partial charge in [0.25, 0.3) is 0 Å². The Kier molecular flexibility index (Phi) is 2.77. The minimum atomic E-state index is -0.628. The van der Waals surface area contributed by atoms with E-state index < -0.39 is 17.2 Å². The summed E-state index contributed by atoms with van der Waals surface area (Å²) in [5.74, 6) is -0.737. The van der Waals surface area contributed by atoms with Crippen LogP contribution >= 0.6 is 0 Å². The summed E-state index contributed by atoms with van der Waals surface area (Å²) in [4.78, 5) is 5.96. The van der Waals surface area contributed by atoms with Gasteiger partial charge < -0.3 is 10.6 Å². The molecule has 1 atom stereocenters. The molecule has 92 valence electrons. The molecule has 0 aliphatic carbocycles. The topological polar surface area (TPSA) is 41.6 Å². The van der Waals surface area contributed by atoms with Crippen molar-refractivity contribution in [2.24, 2.45) is 10.7 Å². The summed E-state index contributed by atoms with van der Waals surface area (Å²) in [7, 11) is 0. The van der Waals surface area contributed by atoms with Crippen LogP contribution in [-0.4, -0.2) is 23.9 Å². The van der Waals surface area contributed by atoms with Crippen LogP contribution in [0, 0.1) is 11.6 Å². The number of hydrogen-bond donors (Lipinski definition) is 1. The van der Waals surface area contributed by atoms with Crippen molar-refractivity contribution in [2.75, 3.05) is 13.1 Å². The number of aliphatic imine (C=N–C) groups is 1. The second-order valence-corrected chi connectivity index (χ2v) is 4.32. The Balaban J connectivity index is 2.46. The van der Waals surface area contributed by atoms with Gasteiger partial charge in [-0.15, -0.1) is 0 Å². The van der Waals surface area contributed by atoms with Crippen molar-refractivity contribution in [3.05, 3.63) is 35.4 Å². The lowest BCUT2D eigenvalue weighted by Gasteiger charge is -2.36. The lowest BCUT2D eigenvalue weighted by molar-refractivity contribution is 0.227. The van der Waals surface area contributed by atoms with Crippen LogP contribution in [-0.2, 0) is 5.54 Å². The molecule has 1 aliphatic rings. The molecule has 17 heavy (non-hydrogen) atoms. The van der Waals surface area contributed by atoms with Gasteiger partial charge in [-0.05, 0) is 19.9 Å². The second-order valence-electron chi connectivity index (χ2n) is 4.32. The highest BCUT2D eigenvalue weighted by Gasteiger charge is 2.40. The van der Waals surface area contributed by atoms with E-state index in [0.29, 0.717) is 24.6 Å². The quantitative estimate of drug-likeness (QED) is 0.855. The van der Waals surface area contributed by atoms with E-state index >= 15 is 0 Å². The molecule has 1 aromatic rings. The molecule has 2 rings (SSSR count). The average Bonchev–Trinajstić information content (AvgIpc) is 2.55. The number of hydrogen-bond acceptors (Lipinski definition) is 3. The number of nitrogens with two attached hydrogens (primary N) is 1. The molecule has 0 aromatic heterocycles. The number of halogens is 2. The zero-order chi connectivity index (χ0) is 12.6. The minimum absolute atomic E-state index is 0.384. The van der Waals surface area contributed by atoms with Gasteiger partial charge in [0.1, 0.15) is 11.6 Å². The largest absolute Gasteiger partial charge is 0.370 e. The van der Waals surface area contributed by atoms with E-state index in [1.54, 1.807) is 0 Å². The summed E-state index contributed by atoms with van der Waals surface area (Å²) >= 11 is 0. The van der Waals surface area contributed by atoms with E-state index in [-0.39, 0.29) is 0 Å². The predicted octanol–water partition coefficient (Wildman–Crippen LogP) is 1.83. The fourth-order valence-electron chi connectivity index (χ4n) is 2.33. The van der Waals surface area contributed by atoms with Gasteiger partial charge in [-0.3, -0.25) is 4.99 Å². The fraction of sp³-hybridized carbons (Fsp3) is 0.417. The molecule has 2 N–H and O–H groups in total. The minimum Gasteiger partial charge on any atom is -0.370 e. The van der Waals surface area contributed by atoms with Gasteiger partial charge in [0.15, 0.2) is 5.96 Å². The SMILES string of the molecule is CCN1C(N)=NCC1(C)c1ccc(F)cc1F. The zero-order valence-corrected chi connectivity index (χ0v) is 9.87. The molecule has 1 unspecified atom stereocenters. The van der Waals surface area contributed by atoms with Gasteiger partial charge in [-0.2, -0.15) is 0 Å². The molecule has 0 saturated heterocycles.